The lowest BCUT2D eigenvalue weighted by molar-refractivity contribution is 0.218. The number of phenols is 1. The van der Waals surface area contributed by atoms with Gasteiger partial charge in [-0.25, -0.2) is 0 Å². The zero-order valence-electron chi connectivity index (χ0n) is 11.9. The van der Waals surface area contributed by atoms with Gasteiger partial charge in [0.15, 0.2) is 17.6 Å². The van der Waals surface area contributed by atoms with Crippen LogP contribution in [0.4, 0.5) is 0 Å². The van der Waals surface area contributed by atoms with Gasteiger partial charge in [0.05, 0.1) is 5.41 Å². The van der Waals surface area contributed by atoms with Crippen molar-refractivity contribution in [2.75, 3.05) is 13.6 Å². The van der Waals surface area contributed by atoms with Crippen molar-refractivity contribution in [2.24, 2.45) is 0 Å². The van der Waals surface area contributed by atoms with Gasteiger partial charge in [-0.05, 0) is 24.5 Å². The van der Waals surface area contributed by atoms with E-state index in [1.165, 1.54) is 5.56 Å². The van der Waals surface area contributed by atoms with Crippen LogP contribution in [0, 0.1) is 12.3 Å². The van der Waals surface area contributed by atoms with Crippen LogP contribution in [0.3, 0.4) is 0 Å². The zero-order valence-corrected chi connectivity index (χ0v) is 11.9. The highest BCUT2D eigenvalue weighted by atomic mass is 16.5. The highest BCUT2D eigenvalue weighted by Gasteiger charge is 2.56. The molecule has 104 valence electrons. The summed E-state index contributed by atoms with van der Waals surface area (Å²) in [5.74, 6) is 3.46. The summed E-state index contributed by atoms with van der Waals surface area (Å²) in [6.45, 7) is 7.24. The second-order valence-electron chi connectivity index (χ2n) is 5.56. The third-order valence-electron chi connectivity index (χ3n) is 4.70. The van der Waals surface area contributed by atoms with E-state index in [4.69, 9.17) is 11.2 Å². The first-order chi connectivity index (χ1) is 9.56. The summed E-state index contributed by atoms with van der Waals surface area (Å²) in [5, 5.41) is 10.1. The Bertz CT molecular complexity index is 629. The number of likely N-dealkylation sites (N-methyl/N-ethyl adjacent to an activating group) is 1. The number of rotatable bonds is 1. The minimum Gasteiger partial charge on any atom is -0.504 e. The van der Waals surface area contributed by atoms with E-state index in [0.717, 1.165) is 30.6 Å². The summed E-state index contributed by atoms with van der Waals surface area (Å²) >= 11 is 0. The van der Waals surface area contributed by atoms with Gasteiger partial charge in [0, 0.05) is 24.9 Å². The first-order valence-electron chi connectivity index (χ1n) is 6.94. The standard InChI is InChI=1S/C17H19NO2/c1-5-12-7-8-13(19)16-15(12)17(14(6-2)20-16)9-10-18(4)11(17)3/h2,7-8,14,19H,3,5,9-10H2,1,4H3. The van der Waals surface area contributed by atoms with E-state index in [2.05, 4.69) is 24.3 Å². The number of likely N-dealkylation sites (tertiary alicyclic amines) is 1. The summed E-state index contributed by atoms with van der Waals surface area (Å²) in [5.41, 5.74) is 2.81. The fraction of sp³-hybridized carbons (Fsp3) is 0.412. The molecular formula is C17H19NO2. The summed E-state index contributed by atoms with van der Waals surface area (Å²) in [6, 6.07) is 3.65. The summed E-state index contributed by atoms with van der Waals surface area (Å²) in [6.07, 6.45) is 7.06. The van der Waals surface area contributed by atoms with E-state index < -0.39 is 6.10 Å². The van der Waals surface area contributed by atoms with Crippen molar-refractivity contribution in [3.63, 3.8) is 0 Å². The molecule has 2 heterocycles. The smallest absolute Gasteiger partial charge is 0.174 e. The molecular weight excluding hydrogens is 250 g/mol. The lowest BCUT2D eigenvalue weighted by atomic mass is 9.72. The molecule has 3 heteroatoms. The summed E-state index contributed by atoms with van der Waals surface area (Å²) in [7, 11) is 2.02. The van der Waals surface area contributed by atoms with Gasteiger partial charge in [0.1, 0.15) is 0 Å². The third-order valence-corrected chi connectivity index (χ3v) is 4.70. The van der Waals surface area contributed by atoms with Crippen LogP contribution in [0.2, 0.25) is 0 Å². The molecule has 2 atom stereocenters. The van der Waals surface area contributed by atoms with Crippen molar-refractivity contribution in [1.82, 2.24) is 4.90 Å². The van der Waals surface area contributed by atoms with Crippen LogP contribution in [-0.4, -0.2) is 29.7 Å². The maximum Gasteiger partial charge on any atom is 0.174 e. The van der Waals surface area contributed by atoms with Crippen LogP contribution in [0.1, 0.15) is 24.5 Å². The van der Waals surface area contributed by atoms with Crippen molar-refractivity contribution >= 4 is 0 Å². The number of ether oxygens (including phenoxy) is 1. The molecule has 2 unspecified atom stereocenters. The Kier molecular flexibility index (Phi) is 2.72. The maximum atomic E-state index is 10.1. The third kappa shape index (κ3) is 1.37. The fourth-order valence-corrected chi connectivity index (χ4v) is 3.56. The number of benzene rings is 1. The molecule has 3 rings (SSSR count). The SMILES string of the molecule is C#CC1Oc2c(O)ccc(CC)c2C12CCN(C)C2=C. The van der Waals surface area contributed by atoms with Crippen molar-refractivity contribution < 1.29 is 9.84 Å². The summed E-state index contributed by atoms with van der Waals surface area (Å²) in [4.78, 5) is 2.13. The van der Waals surface area contributed by atoms with Crippen molar-refractivity contribution in [3.8, 4) is 23.8 Å². The minimum absolute atomic E-state index is 0.164. The van der Waals surface area contributed by atoms with Crippen LogP contribution < -0.4 is 4.74 Å². The maximum absolute atomic E-state index is 10.1. The molecule has 1 aromatic rings. The molecule has 1 saturated heterocycles. The van der Waals surface area contributed by atoms with Gasteiger partial charge in [-0.3, -0.25) is 0 Å². The molecule has 1 fully saturated rings. The summed E-state index contributed by atoms with van der Waals surface area (Å²) < 4.78 is 5.91. The second kappa shape index (κ2) is 4.21. The van der Waals surface area contributed by atoms with E-state index in [0.29, 0.717) is 5.75 Å². The molecule has 0 saturated carbocycles. The second-order valence-corrected chi connectivity index (χ2v) is 5.56. The Hall–Kier alpha value is -2.08. The highest BCUT2D eigenvalue weighted by Crippen LogP contribution is 2.56. The molecule has 1 N–H and O–H groups in total. The van der Waals surface area contributed by atoms with Gasteiger partial charge in [-0.2, -0.15) is 0 Å². The molecule has 2 aliphatic rings. The largest absolute Gasteiger partial charge is 0.504 e. The van der Waals surface area contributed by atoms with Crippen LogP contribution in [0.15, 0.2) is 24.4 Å². The molecule has 0 aliphatic carbocycles. The lowest BCUT2D eigenvalue weighted by Gasteiger charge is -2.30. The van der Waals surface area contributed by atoms with Gasteiger partial charge < -0.3 is 14.7 Å². The quantitative estimate of drug-likeness (QED) is 0.795. The van der Waals surface area contributed by atoms with Crippen LogP contribution in [0.5, 0.6) is 11.5 Å². The van der Waals surface area contributed by atoms with E-state index in [-0.39, 0.29) is 11.2 Å². The first-order valence-corrected chi connectivity index (χ1v) is 6.94. The molecule has 1 aromatic carbocycles. The molecule has 20 heavy (non-hydrogen) atoms. The molecule has 0 radical (unpaired) electrons. The van der Waals surface area contributed by atoms with Gasteiger partial charge in [0.25, 0.3) is 0 Å². The van der Waals surface area contributed by atoms with E-state index >= 15 is 0 Å². The van der Waals surface area contributed by atoms with Crippen molar-refractivity contribution in [3.05, 3.63) is 35.5 Å². The number of nitrogens with zero attached hydrogens (tertiary/aromatic N) is 1. The average Bonchev–Trinajstić information content (AvgIpc) is 2.94. The number of phenolic OH excluding ortho intramolecular Hbond substituents is 1. The number of hydrogen-bond donors (Lipinski definition) is 1. The Morgan fingerprint density at radius 1 is 1.60 bits per heavy atom. The van der Waals surface area contributed by atoms with Crippen LogP contribution in [-0.2, 0) is 11.8 Å². The number of fused-ring (bicyclic) bond motifs is 2. The minimum atomic E-state index is -0.395. The molecule has 0 aromatic heterocycles. The van der Waals surface area contributed by atoms with E-state index in [1.807, 2.05) is 13.1 Å². The molecule has 0 amide bonds. The topological polar surface area (TPSA) is 32.7 Å². The average molecular weight is 269 g/mol. The van der Waals surface area contributed by atoms with Gasteiger partial charge in [-0.1, -0.05) is 25.5 Å². The number of aryl methyl sites for hydroxylation is 1. The predicted octanol–water partition coefficient (Wildman–Crippen LogP) is 2.44. The van der Waals surface area contributed by atoms with E-state index in [9.17, 15) is 5.11 Å². The van der Waals surface area contributed by atoms with Crippen molar-refractivity contribution in [2.45, 2.75) is 31.3 Å². The van der Waals surface area contributed by atoms with Crippen LogP contribution in [0.25, 0.3) is 0 Å². The fourth-order valence-electron chi connectivity index (χ4n) is 3.56. The Labute approximate surface area is 119 Å². The van der Waals surface area contributed by atoms with Crippen LogP contribution >= 0.6 is 0 Å². The lowest BCUT2D eigenvalue weighted by Crippen LogP contribution is -2.38. The Balaban J connectivity index is 2.30. The molecule has 1 spiro atoms. The molecule has 3 nitrogen and oxygen atoms in total. The Morgan fingerprint density at radius 3 is 2.90 bits per heavy atom. The van der Waals surface area contributed by atoms with Crippen molar-refractivity contribution in [1.29, 1.82) is 0 Å². The highest BCUT2D eigenvalue weighted by molar-refractivity contribution is 5.62. The zero-order chi connectivity index (χ0) is 14.5. The number of aromatic hydroxyl groups is 1. The molecule has 2 aliphatic heterocycles. The first kappa shape index (κ1) is 12.9. The Morgan fingerprint density at radius 2 is 2.35 bits per heavy atom. The monoisotopic (exact) mass is 269 g/mol. The normalized spacial score (nSPS) is 27.6. The van der Waals surface area contributed by atoms with Gasteiger partial charge in [0.2, 0.25) is 0 Å². The number of terminal acetylenes is 1. The van der Waals surface area contributed by atoms with E-state index in [1.54, 1.807) is 6.07 Å². The number of hydrogen-bond acceptors (Lipinski definition) is 3. The molecule has 0 bridgehead atoms. The predicted molar refractivity (Wildman–Crippen MR) is 78.8 cm³/mol. The van der Waals surface area contributed by atoms with Gasteiger partial charge in [-0.15, -0.1) is 6.42 Å². The van der Waals surface area contributed by atoms with Gasteiger partial charge >= 0.3 is 0 Å².